The Balaban J connectivity index is 1.82. The quantitative estimate of drug-likeness (QED) is 0.664. The highest BCUT2D eigenvalue weighted by Gasteiger charge is 2.31. The molecule has 2 saturated heterocycles. The largest absolute Gasteiger partial charge is 0.306 e. The van der Waals surface area contributed by atoms with E-state index in [0.29, 0.717) is 5.41 Å². The van der Waals surface area contributed by atoms with Crippen LogP contribution in [0, 0.1) is 5.41 Å². The fraction of sp³-hybridized carbons (Fsp3) is 1.00. The molecule has 0 unspecified atom stereocenters. The van der Waals surface area contributed by atoms with Crippen LogP contribution in [0.5, 0.6) is 0 Å². The molecule has 0 bridgehead atoms. The van der Waals surface area contributed by atoms with Crippen molar-refractivity contribution in [3.8, 4) is 0 Å². The third kappa shape index (κ3) is 2.48. The van der Waals surface area contributed by atoms with Crippen molar-refractivity contribution in [2.24, 2.45) is 5.41 Å². The van der Waals surface area contributed by atoms with Gasteiger partial charge in [0.1, 0.15) is 0 Å². The Morgan fingerprint density at radius 3 is 2.14 bits per heavy atom. The fourth-order valence-electron chi connectivity index (χ4n) is 2.80. The third-order valence-corrected chi connectivity index (χ3v) is 4.00. The lowest BCUT2D eigenvalue weighted by atomic mass is 9.80. The predicted octanol–water partition coefficient (Wildman–Crippen LogP) is 1.81. The van der Waals surface area contributed by atoms with E-state index in [9.17, 15) is 0 Å². The van der Waals surface area contributed by atoms with Crippen LogP contribution in [0.15, 0.2) is 0 Å². The van der Waals surface area contributed by atoms with Gasteiger partial charge in [-0.3, -0.25) is 0 Å². The van der Waals surface area contributed by atoms with E-state index >= 15 is 0 Å². The van der Waals surface area contributed by atoms with Gasteiger partial charge in [0, 0.05) is 6.54 Å². The Morgan fingerprint density at radius 2 is 1.57 bits per heavy atom. The first kappa shape index (κ1) is 10.4. The van der Waals surface area contributed by atoms with Crippen molar-refractivity contribution in [3.63, 3.8) is 0 Å². The smallest absolute Gasteiger partial charge is 0.00363 e. The van der Waals surface area contributed by atoms with Crippen LogP contribution in [0.1, 0.15) is 32.6 Å². The van der Waals surface area contributed by atoms with Crippen LogP contribution >= 0.6 is 0 Å². The van der Waals surface area contributed by atoms with Crippen molar-refractivity contribution in [2.75, 3.05) is 39.8 Å². The van der Waals surface area contributed by atoms with Gasteiger partial charge in [-0.15, -0.1) is 0 Å². The second-order valence-electron chi connectivity index (χ2n) is 5.60. The molecule has 2 rings (SSSR count). The van der Waals surface area contributed by atoms with Gasteiger partial charge in [0.2, 0.25) is 0 Å². The summed E-state index contributed by atoms with van der Waals surface area (Å²) in [7, 11) is 2.25. The number of hydrogen-bond donors (Lipinski definition) is 0. The lowest BCUT2D eigenvalue weighted by molar-refractivity contribution is 0.0970. The summed E-state index contributed by atoms with van der Waals surface area (Å²) in [5, 5.41) is 0. The van der Waals surface area contributed by atoms with E-state index in [1.165, 1.54) is 58.4 Å². The van der Waals surface area contributed by atoms with Crippen molar-refractivity contribution >= 4 is 0 Å². The first-order valence-corrected chi connectivity index (χ1v) is 6.09. The first-order valence-electron chi connectivity index (χ1n) is 6.09. The van der Waals surface area contributed by atoms with Crippen LogP contribution in [0.2, 0.25) is 0 Å². The summed E-state index contributed by atoms with van der Waals surface area (Å²) in [5.74, 6) is 0. The zero-order chi connectivity index (χ0) is 10.0. The number of piperidine rings is 1. The van der Waals surface area contributed by atoms with Crippen LogP contribution in [-0.2, 0) is 0 Å². The normalized spacial score (nSPS) is 29.6. The molecule has 0 amide bonds. The molecule has 0 radical (unpaired) electrons. The van der Waals surface area contributed by atoms with Gasteiger partial charge in [0.15, 0.2) is 0 Å². The van der Waals surface area contributed by atoms with Gasteiger partial charge in [-0.05, 0) is 64.3 Å². The average molecular weight is 196 g/mol. The summed E-state index contributed by atoms with van der Waals surface area (Å²) >= 11 is 0. The van der Waals surface area contributed by atoms with Gasteiger partial charge in [0.05, 0.1) is 0 Å². The number of rotatable bonds is 2. The van der Waals surface area contributed by atoms with E-state index < -0.39 is 0 Å². The highest BCUT2D eigenvalue weighted by atomic mass is 15.2. The van der Waals surface area contributed by atoms with Crippen LogP contribution in [0.3, 0.4) is 0 Å². The topological polar surface area (TPSA) is 6.48 Å². The summed E-state index contributed by atoms with van der Waals surface area (Å²) in [6, 6.07) is 0. The molecule has 82 valence electrons. The molecule has 2 aliphatic heterocycles. The first-order chi connectivity index (χ1) is 6.68. The van der Waals surface area contributed by atoms with Crippen molar-refractivity contribution in [1.82, 2.24) is 9.80 Å². The maximum atomic E-state index is 2.67. The van der Waals surface area contributed by atoms with Crippen molar-refractivity contribution in [3.05, 3.63) is 0 Å². The highest BCUT2D eigenvalue weighted by Crippen LogP contribution is 2.32. The van der Waals surface area contributed by atoms with Crippen molar-refractivity contribution in [1.29, 1.82) is 0 Å². The van der Waals surface area contributed by atoms with Crippen LogP contribution in [-0.4, -0.2) is 49.6 Å². The molecule has 0 spiro atoms. The molecule has 0 aliphatic carbocycles. The molecule has 0 N–H and O–H groups in total. The molecule has 0 aromatic carbocycles. The third-order valence-electron chi connectivity index (χ3n) is 4.00. The minimum absolute atomic E-state index is 0.608. The highest BCUT2D eigenvalue weighted by molar-refractivity contribution is 4.85. The Morgan fingerprint density at radius 1 is 1.00 bits per heavy atom. The van der Waals surface area contributed by atoms with E-state index in [2.05, 4.69) is 23.8 Å². The molecule has 0 saturated carbocycles. The Kier molecular flexibility index (Phi) is 3.13. The summed E-state index contributed by atoms with van der Waals surface area (Å²) in [6.07, 6.45) is 5.63. The zero-order valence-electron chi connectivity index (χ0n) is 9.76. The summed E-state index contributed by atoms with van der Waals surface area (Å²) in [4.78, 5) is 5.14. The molecular formula is C12H24N2. The molecule has 2 heteroatoms. The number of nitrogens with zero attached hydrogens (tertiary/aromatic N) is 2. The monoisotopic (exact) mass is 196 g/mol. The lowest BCUT2D eigenvalue weighted by Gasteiger charge is -2.40. The predicted molar refractivity (Wildman–Crippen MR) is 60.5 cm³/mol. The molecule has 0 atom stereocenters. The molecule has 2 aliphatic rings. The van der Waals surface area contributed by atoms with Crippen molar-refractivity contribution < 1.29 is 0 Å². The molecule has 2 fully saturated rings. The van der Waals surface area contributed by atoms with E-state index in [4.69, 9.17) is 0 Å². The maximum Gasteiger partial charge on any atom is 0.00363 e. The SMILES string of the molecule is CN1CCC(C)(CN2CCCC2)CC1. The number of hydrogen-bond acceptors (Lipinski definition) is 2. The fourth-order valence-corrected chi connectivity index (χ4v) is 2.80. The summed E-state index contributed by atoms with van der Waals surface area (Å²) < 4.78 is 0. The lowest BCUT2D eigenvalue weighted by Crippen LogP contribution is -2.42. The molecular weight excluding hydrogens is 172 g/mol. The Bertz CT molecular complexity index is 177. The molecule has 0 aromatic rings. The molecule has 0 aromatic heterocycles. The Hall–Kier alpha value is -0.0800. The standard InChI is InChI=1S/C12H24N2/c1-12(5-9-13(2)10-6-12)11-14-7-3-4-8-14/h3-11H2,1-2H3. The van der Waals surface area contributed by atoms with E-state index in [1.807, 2.05) is 0 Å². The van der Waals surface area contributed by atoms with Crippen LogP contribution < -0.4 is 0 Å². The molecule has 2 heterocycles. The summed E-state index contributed by atoms with van der Waals surface area (Å²) in [6.45, 7) is 9.13. The van der Waals surface area contributed by atoms with Gasteiger partial charge in [-0.1, -0.05) is 6.92 Å². The van der Waals surface area contributed by atoms with E-state index in [0.717, 1.165) is 0 Å². The van der Waals surface area contributed by atoms with Crippen LogP contribution in [0.4, 0.5) is 0 Å². The van der Waals surface area contributed by atoms with Gasteiger partial charge >= 0.3 is 0 Å². The van der Waals surface area contributed by atoms with E-state index in [1.54, 1.807) is 0 Å². The minimum Gasteiger partial charge on any atom is -0.306 e. The van der Waals surface area contributed by atoms with Gasteiger partial charge in [-0.2, -0.15) is 0 Å². The van der Waals surface area contributed by atoms with Crippen LogP contribution in [0.25, 0.3) is 0 Å². The molecule has 2 nitrogen and oxygen atoms in total. The van der Waals surface area contributed by atoms with Crippen molar-refractivity contribution in [2.45, 2.75) is 32.6 Å². The maximum absolute atomic E-state index is 2.67. The Labute approximate surface area is 88.3 Å². The second kappa shape index (κ2) is 4.19. The van der Waals surface area contributed by atoms with Gasteiger partial charge < -0.3 is 9.80 Å². The summed E-state index contributed by atoms with van der Waals surface area (Å²) in [5.41, 5.74) is 0.608. The minimum atomic E-state index is 0.608. The second-order valence-corrected chi connectivity index (χ2v) is 5.60. The number of likely N-dealkylation sites (tertiary alicyclic amines) is 2. The van der Waals surface area contributed by atoms with E-state index in [-0.39, 0.29) is 0 Å². The van der Waals surface area contributed by atoms with Gasteiger partial charge in [-0.25, -0.2) is 0 Å². The average Bonchev–Trinajstić information content (AvgIpc) is 2.63. The zero-order valence-corrected chi connectivity index (χ0v) is 9.76. The van der Waals surface area contributed by atoms with Gasteiger partial charge in [0.25, 0.3) is 0 Å². The molecule has 14 heavy (non-hydrogen) atoms.